The molecular formula is C19H24N2O4S2. The molecule has 0 spiro atoms. The van der Waals surface area contributed by atoms with Gasteiger partial charge in [0.15, 0.2) is 9.84 Å². The summed E-state index contributed by atoms with van der Waals surface area (Å²) in [6, 6.07) is 9.50. The van der Waals surface area contributed by atoms with Gasteiger partial charge in [0.2, 0.25) is 5.91 Å². The van der Waals surface area contributed by atoms with Gasteiger partial charge in [-0.05, 0) is 38.3 Å². The topological polar surface area (TPSA) is 76.6 Å². The average Bonchev–Trinajstić information content (AvgIpc) is 3.07. The molecule has 2 heterocycles. The molecule has 1 aliphatic heterocycles. The molecule has 0 radical (unpaired) electrons. The molecule has 1 fully saturated rings. The van der Waals surface area contributed by atoms with Crippen molar-refractivity contribution in [2.75, 3.05) is 12.3 Å². The molecule has 1 aromatic heterocycles. The number of likely N-dealkylation sites (tertiary alicyclic amines) is 1. The quantitative estimate of drug-likeness (QED) is 0.704. The number of nitrogens with zero attached hydrogens (tertiary/aromatic N) is 2. The smallest absolute Gasteiger partial charge is 0.238 e. The SMILES string of the molecule is CC1CCCCN1C(=O)CS(=O)(=O)Cc1csc(COc2ccccc2)n1. The number of benzene rings is 1. The number of carbonyl (C=O) groups is 1. The third kappa shape index (κ3) is 5.77. The highest BCUT2D eigenvalue weighted by Crippen LogP contribution is 2.19. The molecule has 27 heavy (non-hydrogen) atoms. The third-order valence-corrected chi connectivity index (χ3v) is 6.83. The van der Waals surface area contributed by atoms with Crippen LogP contribution < -0.4 is 4.74 Å². The number of sulfone groups is 1. The first-order chi connectivity index (χ1) is 12.9. The van der Waals surface area contributed by atoms with Crippen LogP contribution in [0.4, 0.5) is 0 Å². The minimum Gasteiger partial charge on any atom is -0.486 e. The number of rotatable bonds is 7. The van der Waals surface area contributed by atoms with Gasteiger partial charge >= 0.3 is 0 Å². The lowest BCUT2D eigenvalue weighted by Gasteiger charge is -2.33. The third-order valence-electron chi connectivity index (χ3n) is 4.54. The van der Waals surface area contributed by atoms with Crippen molar-refractivity contribution in [2.45, 2.75) is 44.6 Å². The zero-order valence-corrected chi connectivity index (χ0v) is 17.0. The molecule has 0 bridgehead atoms. The van der Waals surface area contributed by atoms with E-state index >= 15 is 0 Å². The van der Waals surface area contributed by atoms with Gasteiger partial charge in [0.1, 0.15) is 23.1 Å². The second-order valence-corrected chi connectivity index (χ2v) is 9.81. The van der Waals surface area contributed by atoms with Crippen molar-refractivity contribution in [3.63, 3.8) is 0 Å². The molecule has 3 rings (SSSR count). The van der Waals surface area contributed by atoms with Crippen LogP contribution in [0.5, 0.6) is 5.75 Å². The van der Waals surface area contributed by atoms with Gasteiger partial charge in [0.25, 0.3) is 0 Å². The molecule has 1 aliphatic rings. The normalized spacial score (nSPS) is 17.7. The predicted molar refractivity (Wildman–Crippen MR) is 105 cm³/mol. The Morgan fingerprint density at radius 2 is 2.07 bits per heavy atom. The van der Waals surface area contributed by atoms with E-state index in [0.29, 0.717) is 23.9 Å². The summed E-state index contributed by atoms with van der Waals surface area (Å²) in [6.45, 7) is 2.91. The highest BCUT2D eigenvalue weighted by Gasteiger charge is 2.27. The fourth-order valence-electron chi connectivity index (χ4n) is 3.16. The second-order valence-electron chi connectivity index (χ2n) is 6.80. The van der Waals surface area contributed by atoms with E-state index in [0.717, 1.165) is 25.0 Å². The molecule has 1 aromatic carbocycles. The van der Waals surface area contributed by atoms with E-state index in [-0.39, 0.29) is 17.7 Å². The van der Waals surface area contributed by atoms with E-state index in [4.69, 9.17) is 4.74 Å². The first kappa shape index (κ1) is 19.8. The first-order valence-electron chi connectivity index (χ1n) is 9.04. The Bertz CT molecular complexity index is 865. The second kappa shape index (κ2) is 8.84. The molecule has 2 aromatic rings. The van der Waals surface area contributed by atoms with Crippen LogP contribution in [0.25, 0.3) is 0 Å². The molecule has 0 saturated carbocycles. The summed E-state index contributed by atoms with van der Waals surface area (Å²) in [6.07, 6.45) is 2.96. The molecule has 0 aliphatic carbocycles. The van der Waals surface area contributed by atoms with Crippen molar-refractivity contribution in [3.05, 3.63) is 46.4 Å². The van der Waals surface area contributed by atoms with Crippen LogP contribution in [0.2, 0.25) is 0 Å². The Hall–Kier alpha value is -1.93. The summed E-state index contributed by atoms with van der Waals surface area (Å²) in [4.78, 5) is 18.4. The van der Waals surface area contributed by atoms with Crippen LogP contribution >= 0.6 is 11.3 Å². The lowest BCUT2D eigenvalue weighted by Crippen LogP contribution is -2.44. The Balaban J connectivity index is 1.54. The number of carbonyl (C=O) groups excluding carboxylic acids is 1. The maximum Gasteiger partial charge on any atom is 0.238 e. The highest BCUT2D eigenvalue weighted by molar-refractivity contribution is 7.91. The van der Waals surface area contributed by atoms with Crippen LogP contribution in [0.15, 0.2) is 35.7 Å². The van der Waals surface area contributed by atoms with Crippen LogP contribution in [0.1, 0.15) is 36.9 Å². The van der Waals surface area contributed by atoms with E-state index in [1.54, 1.807) is 10.3 Å². The van der Waals surface area contributed by atoms with Gasteiger partial charge in [-0.3, -0.25) is 4.79 Å². The summed E-state index contributed by atoms with van der Waals surface area (Å²) < 4.78 is 30.5. The van der Waals surface area contributed by atoms with Crippen LogP contribution in [0, 0.1) is 0 Å². The molecular weight excluding hydrogens is 384 g/mol. The van der Waals surface area contributed by atoms with E-state index in [9.17, 15) is 13.2 Å². The number of ether oxygens (including phenoxy) is 1. The fourth-order valence-corrected chi connectivity index (χ4v) is 5.21. The number of hydrogen-bond donors (Lipinski definition) is 0. The average molecular weight is 409 g/mol. The Morgan fingerprint density at radius 1 is 1.30 bits per heavy atom. The summed E-state index contributed by atoms with van der Waals surface area (Å²) in [5.74, 6) is -0.235. The van der Waals surface area contributed by atoms with E-state index in [2.05, 4.69) is 4.98 Å². The largest absolute Gasteiger partial charge is 0.486 e. The molecule has 1 amide bonds. The van der Waals surface area contributed by atoms with Gasteiger partial charge in [-0.25, -0.2) is 13.4 Å². The van der Waals surface area contributed by atoms with Gasteiger partial charge in [0, 0.05) is 18.0 Å². The molecule has 1 atom stereocenters. The molecule has 1 saturated heterocycles. The Kier molecular flexibility index (Phi) is 6.49. The number of hydrogen-bond acceptors (Lipinski definition) is 6. The summed E-state index contributed by atoms with van der Waals surface area (Å²) >= 11 is 1.36. The molecule has 8 heteroatoms. The van der Waals surface area contributed by atoms with Gasteiger partial charge in [-0.1, -0.05) is 18.2 Å². The first-order valence-corrected chi connectivity index (χ1v) is 11.7. The number of piperidine rings is 1. The van der Waals surface area contributed by atoms with E-state index in [1.165, 1.54) is 11.3 Å². The molecule has 6 nitrogen and oxygen atoms in total. The lowest BCUT2D eigenvalue weighted by molar-refractivity contribution is -0.131. The van der Waals surface area contributed by atoms with Gasteiger partial charge < -0.3 is 9.64 Å². The molecule has 1 unspecified atom stereocenters. The Morgan fingerprint density at radius 3 is 2.81 bits per heavy atom. The van der Waals surface area contributed by atoms with Crippen molar-refractivity contribution in [1.82, 2.24) is 9.88 Å². The van der Waals surface area contributed by atoms with E-state index in [1.807, 2.05) is 37.3 Å². The van der Waals surface area contributed by atoms with Crippen molar-refractivity contribution < 1.29 is 17.9 Å². The zero-order chi connectivity index (χ0) is 19.3. The monoisotopic (exact) mass is 408 g/mol. The maximum absolute atomic E-state index is 12.4. The minimum absolute atomic E-state index is 0.113. The van der Waals surface area contributed by atoms with Crippen molar-refractivity contribution in [2.24, 2.45) is 0 Å². The molecule has 0 N–H and O–H groups in total. The van der Waals surface area contributed by atoms with Crippen LogP contribution in [-0.4, -0.2) is 42.5 Å². The number of thiazole rings is 1. The summed E-state index contributed by atoms with van der Waals surface area (Å²) in [5.41, 5.74) is 0.464. The number of amides is 1. The predicted octanol–water partition coefficient (Wildman–Crippen LogP) is 3.04. The summed E-state index contributed by atoms with van der Waals surface area (Å²) in [7, 11) is -3.55. The van der Waals surface area contributed by atoms with E-state index < -0.39 is 15.6 Å². The number of para-hydroxylation sites is 1. The Labute approximate surface area is 164 Å². The van der Waals surface area contributed by atoms with Crippen LogP contribution in [0.3, 0.4) is 0 Å². The highest BCUT2D eigenvalue weighted by atomic mass is 32.2. The minimum atomic E-state index is -3.55. The fraction of sp³-hybridized carbons (Fsp3) is 0.474. The lowest BCUT2D eigenvalue weighted by atomic mass is 10.0. The van der Waals surface area contributed by atoms with Gasteiger partial charge in [-0.2, -0.15) is 0 Å². The maximum atomic E-state index is 12.4. The number of aromatic nitrogens is 1. The van der Waals surface area contributed by atoms with Crippen molar-refractivity contribution >= 4 is 27.1 Å². The zero-order valence-electron chi connectivity index (χ0n) is 15.3. The van der Waals surface area contributed by atoms with Crippen LogP contribution in [-0.2, 0) is 27.0 Å². The van der Waals surface area contributed by atoms with Crippen molar-refractivity contribution in [1.29, 1.82) is 0 Å². The molecule has 146 valence electrons. The van der Waals surface area contributed by atoms with Gasteiger partial charge in [-0.15, -0.1) is 11.3 Å². The standard InChI is InChI=1S/C19H24N2O4S2/c1-15-7-5-6-10-21(15)19(22)14-27(23,24)13-16-12-26-18(20-16)11-25-17-8-3-2-4-9-17/h2-4,8-9,12,15H,5-7,10-11,13-14H2,1H3. The van der Waals surface area contributed by atoms with Gasteiger partial charge in [0.05, 0.1) is 11.4 Å². The van der Waals surface area contributed by atoms with Crippen molar-refractivity contribution in [3.8, 4) is 5.75 Å². The summed E-state index contributed by atoms with van der Waals surface area (Å²) in [5, 5.41) is 2.43.